The summed E-state index contributed by atoms with van der Waals surface area (Å²) < 4.78 is 11.7. The van der Waals surface area contributed by atoms with Crippen LogP contribution in [0.4, 0.5) is 0 Å². The van der Waals surface area contributed by atoms with Crippen LogP contribution < -0.4 is 9.47 Å². The van der Waals surface area contributed by atoms with E-state index in [9.17, 15) is 4.79 Å². The van der Waals surface area contributed by atoms with Crippen LogP contribution >= 0.6 is 23.2 Å². The molecular formula is C21H16Cl2O3. The minimum absolute atomic E-state index is 0.344. The van der Waals surface area contributed by atoms with Gasteiger partial charge in [0.25, 0.3) is 0 Å². The number of rotatable bonds is 7. The van der Waals surface area contributed by atoms with Gasteiger partial charge >= 0.3 is 0 Å². The summed E-state index contributed by atoms with van der Waals surface area (Å²) in [5, 5.41) is 1.35. The third-order valence-corrected chi connectivity index (χ3v) is 4.22. The number of carbonyl (C=O) groups excluding carboxylic acids is 1. The second-order valence-electron chi connectivity index (χ2n) is 5.65. The Balaban J connectivity index is 1.72. The first-order valence-electron chi connectivity index (χ1n) is 7.98. The van der Waals surface area contributed by atoms with Crippen molar-refractivity contribution < 1.29 is 14.3 Å². The van der Waals surface area contributed by atoms with Crippen molar-refractivity contribution in [3.63, 3.8) is 0 Å². The van der Waals surface area contributed by atoms with Crippen molar-refractivity contribution in [1.29, 1.82) is 0 Å². The van der Waals surface area contributed by atoms with Crippen LogP contribution in [0.15, 0.2) is 66.7 Å². The van der Waals surface area contributed by atoms with Gasteiger partial charge in [0.15, 0.2) is 11.5 Å². The number of benzene rings is 3. The van der Waals surface area contributed by atoms with Gasteiger partial charge in [-0.1, -0.05) is 47.5 Å². The van der Waals surface area contributed by atoms with E-state index < -0.39 is 0 Å². The van der Waals surface area contributed by atoms with E-state index in [1.54, 1.807) is 30.3 Å². The average Bonchev–Trinajstić information content (AvgIpc) is 2.67. The predicted molar refractivity (Wildman–Crippen MR) is 103 cm³/mol. The third-order valence-electron chi connectivity index (χ3n) is 3.72. The molecule has 0 N–H and O–H groups in total. The van der Waals surface area contributed by atoms with Gasteiger partial charge in [-0.2, -0.15) is 0 Å². The Morgan fingerprint density at radius 2 is 1.19 bits per heavy atom. The molecule has 26 heavy (non-hydrogen) atoms. The van der Waals surface area contributed by atoms with Crippen molar-refractivity contribution in [1.82, 2.24) is 0 Å². The Bertz CT molecular complexity index is 875. The first-order valence-corrected chi connectivity index (χ1v) is 8.73. The highest BCUT2D eigenvalue weighted by atomic mass is 35.5. The van der Waals surface area contributed by atoms with Gasteiger partial charge in [0.2, 0.25) is 0 Å². The van der Waals surface area contributed by atoms with Crippen molar-refractivity contribution >= 4 is 29.5 Å². The number of carbonyl (C=O) groups is 1. The third kappa shape index (κ3) is 5.01. The molecule has 3 nitrogen and oxygen atoms in total. The maximum Gasteiger partial charge on any atom is 0.162 e. The molecular weight excluding hydrogens is 371 g/mol. The van der Waals surface area contributed by atoms with Gasteiger partial charge in [-0.25, -0.2) is 0 Å². The Kier molecular flexibility index (Phi) is 6.16. The van der Waals surface area contributed by atoms with E-state index in [2.05, 4.69) is 0 Å². The second kappa shape index (κ2) is 8.75. The summed E-state index contributed by atoms with van der Waals surface area (Å²) in [6.45, 7) is 0.714. The molecule has 0 amide bonds. The number of hydrogen-bond acceptors (Lipinski definition) is 3. The molecule has 0 unspecified atom stereocenters. The van der Waals surface area contributed by atoms with Gasteiger partial charge in [-0.15, -0.1) is 0 Å². The first kappa shape index (κ1) is 18.3. The molecule has 0 aromatic heterocycles. The van der Waals surface area contributed by atoms with Crippen LogP contribution in [0.25, 0.3) is 0 Å². The smallest absolute Gasteiger partial charge is 0.162 e. The van der Waals surface area contributed by atoms with Crippen LogP contribution in [0.2, 0.25) is 10.0 Å². The average molecular weight is 387 g/mol. The molecule has 0 heterocycles. The van der Waals surface area contributed by atoms with Crippen LogP contribution in [0.5, 0.6) is 11.5 Å². The molecule has 132 valence electrons. The molecule has 0 aliphatic rings. The molecule has 0 saturated heterocycles. The Labute approximate surface area is 162 Å². The predicted octanol–water partition coefficient (Wildman–Crippen LogP) is 5.96. The number of aldehydes is 1. The van der Waals surface area contributed by atoms with Crippen molar-refractivity contribution in [2.24, 2.45) is 0 Å². The molecule has 3 rings (SSSR count). The fourth-order valence-electron chi connectivity index (χ4n) is 2.31. The molecule has 0 bridgehead atoms. The topological polar surface area (TPSA) is 35.5 Å². The summed E-state index contributed by atoms with van der Waals surface area (Å²) in [4.78, 5) is 11.1. The molecule has 0 spiro atoms. The number of hydrogen-bond donors (Lipinski definition) is 0. The summed E-state index contributed by atoms with van der Waals surface area (Å²) in [5.74, 6) is 1.08. The lowest BCUT2D eigenvalue weighted by Crippen LogP contribution is -2.01. The molecule has 3 aromatic rings. The SMILES string of the molecule is O=Cc1ccc(OCc2ccc(Cl)cc2)c(OCc2ccc(Cl)cc2)c1. The highest BCUT2D eigenvalue weighted by Crippen LogP contribution is 2.30. The zero-order chi connectivity index (χ0) is 18.4. The van der Waals surface area contributed by atoms with Crippen molar-refractivity contribution in [2.45, 2.75) is 13.2 Å². The highest BCUT2D eigenvalue weighted by molar-refractivity contribution is 6.30. The summed E-state index contributed by atoms with van der Waals surface area (Å²) in [6.07, 6.45) is 0.776. The van der Waals surface area contributed by atoms with Crippen molar-refractivity contribution in [2.75, 3.05) is 0 Å². The van der Waals surface area contributed by atoms with Crippen molar-refractivity contribution in [3.05, 3.63) is 93.5 Å². The molecule has 0 radical (unpaired) electrons. The molecule has 0 fully saturated rings. The van der Waals surface area contributed by atoms with E-state index in [0.717, 1.165) is 17.4 Å². The van der Waals surface area contributed by atoms with Gasteiger partial charge in [-0.05, 0) is 53.6 Å². The zero-order valence-electron chi connectivity index (χ0n) is 13.8. The first-order chi connectivity index (χ1) is 12.6. The second-order valence-corrected chi connectivity index (χ2v) is 6.53. The van der Waals surface area contributed by atoms with E-state index in [1.165, 1.54) is 0 Å². The Morgan fingerprint density at radius 1 is 0.692 bits per heavy atom. The minimum Gasteiger partial charge on any atom is -0.485 e. The molecule has 0 aliphatic heterocycles. The minimum atomic E-state index is 0.344. The molecule has 5 heteroatoms. The monoisotopic (exact) mass is 386 g/mol. The summed E-state index contributed by atoms with van der Waals surface area (Å²) in [7, 11) is 0. The van der Waals surface area contributed by atoms with E-state index in [4.69, 9.17) is 32.7 Å². The van der Waals surface area contributed by atoms with Crippen LogP contribution in [0, 0.1) is 0 Å². The fraction of sp³-hybridized carbons (Fsp3) is 0.0952. The van der Waals surface area contributed by atoms with E-state index in [-0.39, 0.29) is 0 Å². The van der Waals surface area contributed by atoms with Gasteiger partial charge in [0.05, 0.1) is 0 Å². The molecule has 0 atom stereocenters. The molecule has 0 aliphatic carbocycles. The van der Waals surface area contributed by atoms with E-state index in [0.29, 0.717) is 40.3 Å². The summed E-state index contributed by atoms with van der Waals surface area (Å²) in [5.41, 5.74) is 2.47. The lowest BCUT2D eigenvalue weighted by atomic mass is 10.2. The van der Waals surface area contributed by atoms with Gasteiger partial charge < -0.3 is 9.47 Å². The van der Waals surface area contributed by atoms with Crippen LogP contribution in [0.3, 0.4) is 0 Å². The molecule has 0 saturated carbocycles. The van der Waals surface area contributed by atoms with Gasteiger partial charge in [-0.3, -0.25) is 4.79 Å². The van der Waals surface area contributed by atoms with Gasteiger partial charge in [0, 0.05) is 15.6 Å². The normalized spacial score (nSPS) is 10.4. The fourth-order valence-corrected chi connectivity index (χ4v) is 2.57. The zero-order valence-corrected chi connectivity index (χ0v) is 15.3. The summed E-state index contributed by atoms with van der Waals surface area (Å²) >= 11 is 11.8. The van der Waals surface area contributed by atoms with Crippen LogP contribution in [0.1, 0.15) is 21.5 Å². The quantitative estimate of drug-likeness (QED) is 0.469. The summed E-state index contributed by atoms with van der Waals surface area (Å²) in [6, 6.07) is 19.9. The lowest BCUT2D eigenvalue weighted by Gasteiger charge is -2.13. The van der Waals surface area contributed by atoms with E-state index in [1.807, 2.05) is 36.4 Å². The Morgan fingerprint density at radius 3 is 1.69 bits per heavy atom. The standard InChI is InChI=1S/C21H16Cl2O3/c22-18-6-1-15(2-7-18)13-25-20-10-5-17(12-24)11-21(20)26-14-16-3-8-19(23)9-4-16/h1-12H,13-14H2. The maximum absolute atomic E-state index is 11.1. The largest absolute Gasteiger partial charge is 0.485 e. The van der Waals surface area contributed by atoms with Crippen molar-refractivity contribution in [3.8, 4) is 11.5 Å². The van der Waals surface area contributed by atoms with Crippen LogP contribution in [-0.2, 0) is 13.2 Å². The van der Waals surface area contributed by atoms with Gasteiger partial charge in [0.1, 0.15) is 19.5 Å². The molecule has 3 aromatic carbocycles. The van der Waals surface area contributed by atoms with Crippen LogP contribution in [-0.4, -0.2) is 6.29 Å². The highest BCUT2D eigenvalue weighted by Gasteiger charge is 2.08. The number of ether oxygens (including phenoxy) is 2. The Hall–Kier alpha value is -2.49. The van der Waals surface area contributed by atoms with E-state index >= 15 is 0 Å². The number of halogens is 2. The lowest BCUT2D eigenvalue weighted by molar-refractivity contribution is 0.112. The maximum atomic E-state index is 11.1.